The van der Waals surface area contributed by atoms with Crippen LogP contribution in [0.2, 0.25) is 5.02 Å². The molecule has 0 spiro atoms. The van der Waals surface area contributed by atoms with Gasteiger partial charge in [-0.25, -0.2) is 9.78 Å². The molecular formula is C34H34ClN7O3. The summed E-state index contributed by atoms with van der Waals surface area (Å²) in [5, 5.41) is 15.2. The van der Waals surface area contributed by atoms with Crippen LogP contribution in [0.5, 0.6) is 0 Å². The number of nitrogens with one attached hydrogen (secondary N) is 1. The summed E-state index contributed by atoms with van der Waals surface area (Å²) in [5.74, 6) is 0.821. The Kier molecular flexibility index (Phi) is 9.02. The van der Waals surface area contributed by atoms with E-state index < -0.39 is 12.0 Å². The quantitative estimate of drug-likeness (QED) is 0.201. The molecule has 0 fully saturated rings. The minimum Gasteiger partial charge on any atom is -0.467 e. The van der Waals surface area contributed by atoms with Crippen molar-refractivity contribution in [2.75, 3.05) is 13.7 Å². The molecule has 1 amide bonds. The average molecular weight is 624 g/mol. The van der Waals surface area contributed by atoms with E-state index in [0.29, 0.717) is 30.4 Å². The van der Waals surface area contributed by atoms with Gasteiger partial charge < -0.3 is 14.2 Å². The second kappa shape index (κ2) is 13.4. The molecule has 1 aliphatic heterocycles. The second-order valence-electron chi connectivity index (χ2n) is 11.1. The standard InChI is InChI=1S/C34H34ClN7O3/c1-3-4-9-29-36-28-18-19-41(30(43)20-22-12-16-25(35)17-13-22)32(34(44)45-2)31(28)42(29)21-23-10-14-24(15-11-23)26-7-5-6-8-27(26)33-37-39-40-38-33/h5-8,10-17,32H,3-4,9,18-21H2,1-2H3,(H,37,38,39,40). The smallest absolute Gasteiger partial charge is 0.334 e. The number of halogens is 1. The zero-order chi connectivity index (χ0) is 31.3. The number of hydrogen-bond acceptors (Lipinski definition) is 7. The highest BCUT2D eigenvalue weighted by atomic mass is 35.5. The number of aryl methyl sites for hydroxylation is 1. The van der Waals surface area contributed by atoms with Gasteiger partial charge in [0.1, 0.15) is 5.82 Å². The van der Waals surface area contributed by atoms with Crippen LogP contribution in [0, 0.1) is 0 Å². The lowest BCUT2D eigenvalue weighted by Gasteiger charge is -2.34. The van der Waals surface area contributed by atoms with Gasteiger partial charge in [-0.15, -0.1) is 10.2 Å². The van der Waals surface area contributed by atoms with Gasteiger partial charge in [-0.2, -0.15) is 5.21 Å². The fraction of sp³-hybridized carbons (Fsp3) is 0.294. The Labute approximate surface area is 266 Å². The normalized spacial score (nSPS) is 14.3. The van der Waals surface area contributed by atoms with Crippen molar-refractivity contribution < 1.29 is 14.3 Å². The zero-order valence-corrected chi connectivity index (χ0v) is 26.0. The van der Waals surface area contributed by atoms with E-state index in [4.69, 9.17) is 21.3 Å². The third-order valence-corrected chi connectivity index (χ3v) is 8.46. The first-order valence-electron chi connectivity index (χ1n) is 15.1. The van der Waals surface area contributed by atoms with E-state index in [0.717, 1.165) is 64.3 Å². The summed E-state index contributed by atoms with van der Waals surface area (Å²) < 4.78 is 7.41. The number of rotatable bonds is 10. The van der Waals surface area contributed by atoms with E-state index in [1.807, 2.05) is 36.4 Å². The van der Waals surface area contributed by atoms with E-state index in [-0.39, 0.29) is 12.3 Å². The molecule has 3 aromatic carbocycles. The van der Waals surface area contributed by atoms with E-state index in [9.17, 15) is 9.59 Å². The predicted octanol–water partition coefficient (Wildman–Crippen LogP) is 5.62. The Hall–Kier alpha value is -4.83. The molecule has 0 aliphatic carbocycles. The maximum absolute atomic E-state index is 13.7. The van der Waals surface area contributed by atoms with Crippen LogP contribution < -0.4 is 0 Å². The lowest BCUT2D eigenvalue weighted by molar-refractivity contribution is -0.154. The number of amides is 1. The highest BCUT2D eigenvalue weighted by molar-refractivity contribution is 6.30. The highest BCUT2D eigenvalue weighted by Crippen LogP contribution is 2.34. The molecule has 45 heavy (non-hydrogen) atoms. The molecule has 0 radical (unpaired) electrons. The fourth-order valence-corrected chi connectivity index (χ4v) is 6.06. The van der Waals surface area contributed by atoms with Crippen molar-refractivity contribution in [3.05, 3.63) is 106 Å². The number of nitrogens with zero attached hydrogens (tertiary/aromatic N) is 6. The minimum atomic E-state index is -0.887. The summed E-state index contributed by atoms with van der Waals surface area (Å²) >= 11 is 6.05. The van der Waals surface area contributed by atoms with Crippen molar-refractivity contribution in [2.45, 2.75) is 51.6 Å². The Bertz CT molecular complexity index is 1780. The number of methoxy groups -OCH3 is 1. The number of esters is 1. The second-order valence-corrected chi connectivity index (χ2v) is 11.5. The van der Waals surface area contributed by atoms with Gasteiger partial charge in [-0.3, -0.25) is 4.79 Å². The third kappa shape index (κ3) is 6.37. The van der Waals surface area contributed by atoms with E-state index in [1.165, 1.54) is 7.11 Å². The van der Waals surface area contributed by atoms with Gasteiger partial charge in [-0.05, 0) is 46.0 Å². The summed E-state index contributed by atoms with van der Waals surface area (Å²) in [7, 11) is 1.36. The SMILES string of the molecule is CCCCc1nc2c(n1Cc1ccc(-c3ccccc3-c3nn[nH]n3)cc1)C(C(=O)OC)N(C(=O)Cc1ccc(Cl)cc1)CC2. The monoisotopic (exact) mass is 623 g/mol. The fourth-order valence-electron chi connectivity index (χ4n) is 5.94. The maximum atomic E-state index is 13.7. The summed E-state index contributed by atoms with van der Waals surface area (Å²) in [5.41, 5.74) is 6.35. The number of imidazole rings is 1. The Balaban J connectivity index is 1.33. The summed E-state index contributed by atoms with van der Waals surface area (Å²) in [6.45, 7) is 3.03. The van der Waals surface area contributed by atoms with Gasteiger partial charge in [0.25, 0.3) is 0 Å². The van der Waals surface area contributed by atoms with Crippen LogP contribution in [0.3, 0.4) is 0 Å². The molecule has 1 atom stereocenters. The molecule has 230 valence electrons. The first-order valence-corrected chi connectivity index (χ1v) is 15.5. The number of aromatic nitrogens is 6. The molecule has 5 aromatic rings. The van der Waals surface area contributed by atoms with Crippen molar-refractivity contribution in [3.8, 4) is 22.5 Å². The number of carbonyl (C=O) groups is 2. The maximum Gasteiger partial charge on any atom is 0.334 e. The molecule has 1 aliphatic rings. The number of unbranched alkanes of at least 4 members (excludes halogenated alkanes) is 1. The molecule has 1 unspecified atom stereocenters. The molecule has 3 heterocycles. The first kappa shape index (κ1) is 30.2. The van der Waals surface area contributed by atoms with Gasteiger partial charge >= 0.3 is 5.97 Å². The minimum absolute atomic E-state index is 0.147. The van der Waals surface area contributed by atoms with Crippen LogP contribution in [0.4, 0.5) is 0 Å². The number of carbonyl (C=O) groups excluding carboxylic acids is 2. The van der Waals surface area contributed by atoms with Crippen molar-refractivity contribution in [1.29, 1.82) is 0 Å². The molecule has 10 nitrogen and oxygen atoms in total. The van der Waals surface area contributed by atoms with Crippen molar-refractivity contribution >= 4 is 23.5 Å². The molecule has 0 bridgehead atoms. The Morgan fingerprint density at radius 2 is 1.73 bits per heavy atom. The number of aromatic amines is 1. The van der Waals surface area contributed by atoms with E-state index >= 15 is 0 Å². The number of benzene rings is 3. The predicted molar refractivity (Wildman–Crippen MR) is 170 cm³/mol. The molecule has 2 aromatic heterocycles. The van der Waals surface area contributed by atoms with Gasteiger partial charge in [0.15, 0.2) is 6.04 Å². The summed E-state index contributed by atoms with van der Waals surface area (Å²) in [6.07, 6.45) is 3.46. The first-order chi connectivity index (χ1) is 22.0. The molecule has 0 saturated heterocycles. The molecule has 11 heteroatoms. The molecular weight excluding hydrogens is 590 g/mol. The van der Waals surface area contributed by atoms with Crippen LogP contribution in [0.15, 0.2) is 72.8 Å². The lowest BCUT2D eigenvalue weighted by atomic mass is 9.98. The van der Waals surface area contributed by atoms with Crippen LogP contribution in [0.1, 0.15) is 54.1 Å². The van der Waals surface area contributed by atoms with Gasteiger partial charge in [-0.1, -0.05) is 85.6 Å². The number of tetrazole rings is 1. The topological polar surface area (TPSA) is 119 Å². The van der Waals surface area contributed by atoms with Crippen LogP contribution in [0.25, 0.3) is 22.5 Å². The van der Waals surface area contributed by atoms with Crippen LogP contribution in [-0.2, 0) is 40.1 Å². The van der Waals surface area contributed by atoms with Crippen LogP contribution in [-0.4, -0.2) is 60.6 Å². The van der Waals surface area contributed by atoms with Crippen LogP contribution >= 0.6 is 11.6 Å². The average Bonchev–Trinajstić information content (AvgIpc) is 3.73. The van der Waals surface area contributed by atoms with Crippen molar-refractivity contribution in [3.63, 3.8) is 0 Å². The zero-order valence-electron chi connectivity index (χ0n) is 25.2. The van der Waals surface area contributed by atoms with Gasteiger partial charge in [0, 0.05) is 36.5 Å². The van der Waals surface area contributed by atoms with E-state index in [2.05, 4.69) is 56.4 Å². The lowest BCUT2D eigenvalue weighted by Crippen LogP contribution is -2.45. The largest absolute Gasteiger partial charge is 0.467 e. The summed E-state index contributed by atoms with van der Waals surface area (Å²) in [6, 6.07) is 22.6. The van der Waals surface area contributed by atoms with E-state index in [1.54, 1.807) is 17.0 Å². The molecule has 0 saturated carbocycles. The summed E-state index contributed by atoms with van der Waals surface area (Å²) in [4.78, 5) is 33.7. The van der Waals surface area contributed by atoms with Crippen molar-refractivity contribution in [2.24, 2.45) is 0 Å². The third-order valence-electron chi connectivity index (χ3n) is 8.21. The number of fused-ring (bicyclic) bond motifs is 1. The molecule has 6 rings (SSSR count). The van der Waals surface area contributed by atoms with Gasteiger partial charge in [0.05, 0.1) is 24.9 Å². The highest BCUT2D eigenvalue weighted by Gasteiger charge is 2.40. The van der Waals surface area contributed by atoms with Crippen molar-refractivity contribution in [1.82, 2.24) is 35.1 Å². The number of ether oxygens (including phenoxy) is 1. The molecule has 1 N–H and O–H groups in total. The number of hydrogen-bond donors (Lipinski definition) is 1. The Morgan fingerprint density at radius 1 is 1.00 bits per heavy atom. The van der Waals surface area contributed by atoms with Gasteiger partial charge in [0.2, 0.25) is 11.7 Å². The Morgan fingerprint density at radius 3 is 2.42 bits per heavy atom. The number of H-pyrrole nitrogens is 1.